The number of fused-ring (bicyclic) bond motifs is 1. The fraction of sp³-hybridized carbons (Fsp3) is 0.400. The lowest BCUT2D eigenvalue weighted by Gasteiger charge is -2.15. The van der Waals surface area contributed by atoms with Gasteiger partial charge in [0.2, 0.25) is 0 Å². The highest BCUT2D eigenvalue weighted by atomic mass is 16.7. The molecule has 0 saturated carbocycles. The number of carbonyl (C=O) groups excluding carboxylic acids is 2. The van der Waals surface area contributed by atoms with Gasteiger partial charge in [0.05, 0.1) is 12.1 Å². The van der Waals surface area contributed by atoms with Gasteiger partial charge >= 0.3 is 5.97 Å². The summed E-state index contributed by atoms with van der Waals surface area (Å²) >= 11 is 0. The molecule has 2 rings (SSSR count). The number of carbonyl (C=O) groups is 2. The van der Waals surface area contributed by atoms with Gasteiger partial charge in [-0.2, -0.15) is 0 Å². The maximum Gasteiger partial charge on any atom is 0.334 e. The van der Waals surface area contributed by atoms with Gasteiger partial charge in [-0.05, 0) is 0 Å². The fourth-order valence-electron chi connectivity index (χ4n) is 1.36. The fourth-order valence-corrected chi connectivity index (χ4v) is 1.36. The van der Waals surface area contributed by atoms with Crippen molar-refractivity contribution >= 4 is 11.9 Å². The van der Waals surface area contributed by atoms with Crippen molar-refractivity contribution in [3.8, 4) is 11.8 Å². The second kappa shape index (κ2) is 3.54. The molecule has 0 aromatic heterocycles. The third-order valence-corrected chi connectivity index (χ3v) is 2.07. The number of hydrogen-bond acceptors (Lipinski definition) is 3. The molecular weight excluding hydrogens is 182 g/mol. The first-order valence-electron chi connectivity index (χ1n) is 4.48. The van der Waals surface area contributed by atoms with E-state index in [2.05, 4.69) is 11.8 Å². The summed E-state index contributed by atoms with van der Waals surface area (Å²) in [7, 11) is 0. The molecule has 14 heavy (non-hydrogen) atoms. The largest absolute Gasteiger partial charge is 0.334 e. The minimum absolute atomic E-state index is 0.173. The molecule has 72 valence electrons. The van der Waals surface area contributed by atoms with Crippen molar-refractivity contribution < 1.29 is 14.4 Å². The molecule has 0 spiro atoms. The molecule has 2 aliphatic rings. The minimum Gasteiger partial charge on any atom is -0.333 e. The Balaban J connectivity index is 2.28. The van der Waals surface area contributed by atoms with E-state index in [1.807, 2.05) is 0 Å². The van der Waals surface area contributed by atoms with Crippen LogP contribution < -0.4 is 0 Å². The summed E-state index contributed by atoms with van der Waals surface area (Å²) in [6.07, 6.45) is 3.34. The maximum absolute atomic E-state index is 11.3. The third-order valence-electron chi connectivity index (χ3n) is 2.07. The molecule has 0 aromatic carbocycles. The smallest absolute Gasteiger partial charge is 0.333 e. The lowest BCUT2D eigenvalue weighted by atomic mass is 10.3. The molecular formula is C10H9NO3. The van der Waals surface area contributed by atoms with Crippen LogP contribution in [0, 0.1) is 11.8 Å². The minimum atomic E-state index is -0.401. The molecule has 1 fully saturated rings. The van der Waals surface area contributed by atoms with E-state index < -0.39 is 5.97 Å². The maximum atomic E-state index is 11.3. The van der Waals surface area contributed by atoms with E-state index in [1.54, 1.807) is 6.08 Å². The van der Waals surface area contributed by atoms with E-state index >= 15 is 0 Å². The van der Waals surface area contributed by atoms with E-state index in [1.165, 1.54) is 0 Å². The number of amides is 1. The summed E-state index contributed by atoms with van der Waals surface area (Å²) in [4.78, 5) is 27.4. The molecule has 0 atom stereocenters. The van der Waals surface area contributed by atoms with Crippen LogP contribution in [0.5, 0.6) is 0 Å². The van der Waals surface area contributed by atoms with Gasteiger partial charge in [0.25, 0.3) is 5.91 Å². The normalized spacial score (nSPS) is 24.6. The van der Waals surface area contributed by atoms with Gasteiger partial charge in [-0.25, -0.2) is 4.79 Å². The zero-order valence-electron chi connectivity index (χ0n) is 7.58. The zero-order chi connectivity index (χ0) is 9.97. The number of nitrogens with zero attached hydrogens (tertiary/aromatic N) is 1. The van der Waals surface area contributed by atoms with Crippen molar-refractivity contribution in [1.82, 2.24) is 5.06 Å². The third kappa shape index (κ3) is 1.62. The lowest BCUT2D eigenvalue weighted by molar-refractivity contribution is -0.186. The van der Waals surface area contributed by atoms with Crippen LogP contribution in [-0.4, -0.2) is 16.9 Å². The van der Waals surface area contributed by atoms with Crippen molar-refractivity contribution in [2.24, 2.45) is 0 Å². The molecule has 2 heterocycles. The molecule has 0 aliphatic carbocycles. The Morgan fingerprint density at radius 3 is 3.00 bits per heavy atom. The molecule has 0 aromatic rings. The van der Waals surface area contributed by atoms with Crippen LogP contribution in [0.25, 0.3) is 0 Å². The Kier molecular flexibility index (Phi) is 2.23. The summed E-state index contributed by atoms with van der Waals surface area (Å²) in [5.41, 5.74) is 0.678. The predicted octanol–water partition coefficient (Wildman–Crippen LogP) is 0.748. The van der Waals surface area contributed by atoms with Crippen LogP contribution in [-0.2, 0) is 14.4 Å². The quantitative estimate of drug-likeness (QED) is 0.531. The molecule has 4 heteroatoms. The highest BCUT2D eigenvalue weighted by molar-refractivity contribution is 5.82. The van der Waals surface area contributed by atoms with E-state index in [-0.39, 0.29) is 12.3 Å². The van der Waals surface area contributed by atoms with Gasteiger partial charge in [-0.3, -0.25) is 4.79 Å². The first kappa shape index (κ1) is 8.82. The van der Waals surface area contributed by atoms with E-state index in [0.29, 0.717) is 25.0 Å². The Morgan fingerprint density at radius 1 is 1.29 bits per heavy atom. The molecule has 4 nitrogen and oxygen atoms in total. The Hall–Kier alpha value is -1.76. The SMILES string of the molecule is O=C1CCC#C/C=C2/CCC(=O)N2O1. The van der Waals surface area contributed by atoms with Crippen molar-refractivity contribution in [3.63, 3.8) is 0 Å². The molecule has 0 bridgehead atoms. The van der Waals surface area contributed by atoms with Crippen LogP contribution in [0.3, 0.4) is 0 Å². The van der Waals surface area contributed by atoms with Gasteiger partial charge in [0.1, 0.15) is 0 Å². The molecule has 2 aliphatic heterocycles. The topological polar surface area (TPSA) is 46.6 Å². The second-order valence-electron chi connectivity index (χ2n) is 3.11. The second-order valence-corrected chi connectivity index (χ2v) is 3.11. The van der Waals surface area contributed by atoms with Gasteiger partial charge in [0.15, 0.2) is 0 Å². The lowest BCUT2D eigenvalue weighted by Crippen LogP contribution is -2.26. The van der Waals surface area contributed by atoms with Crippen molar-refractivity contribution in [2.45, 2.75) is 25.7 Å². The predicted molar refractivity (Wildman–Crippen MR) is 47.3 cm³/mol. The average molecular weight is 191 g/mol. The van der Waals surface area contributed by atoms with Crippen LogP contribution >= 0.6 is 0 Å². The van der Waals surface area contributed by atoms with E-state index in [9.17, 15) is 9.59 Å². The molecule has 0 N–H and O–H groups in total. The van der Waals surface area contributed by atoms with Crippen LogP contribution in [0.4, 0.5) is 0 Å². The molecule has 0 radical (unpaired) electrons. The summed E-state index contributed by atoms with van der Waals surface area (Å²) in [6.45, 7) is 0. The summed E-state index contributed by atoms with van der Waals surface area (Å²) in [5.74, 6) is 5.05. The van der Waals surface area contributed by atoms with Gasteiger partial charge in [0, 0.05) is 25.3 Å². The summed E-state index contributed by atoms with van der Waals surface area (Å²) in [5, 5.41) is 1.07. The first-order chi connectivity index (χ1) is 6.77. The Labute approximate surface area is 81.5 Å². The van der Waals surface area contributed by atoms with Crippen LogP contribution in [0.2, 0.25) is 0 Å². The van der Waals surface area contributed by atoms with Crippen LogP contribution in [0.1, 0.15) is 25.7 Å². The Morgan fingerprint density at radius 2 is 2.14 bits per heavy atom. The molecule has 1 saturated heterocycles. The van der Waals surface area contributed by atoms with Crippen molar-refractivity contribution in [1.29, 1.82) is 0 Å². The van der Waals surface area contributed by atoms with Crippen LogP contribution in [0.15, 0.2) is 11.8 Å². The highest BCUT2D eigenvalue weighted by Crippen LogP contribution is 2.23. The monoisotopic (exact) mass is 191 g/mol. The number of allylic oxidation sites excluding steroid dienone is 2. The Bertz CT molecular complexity index is 373. The number of hydrogen-bond donors (Lipinski definition) is 0. The zero-order valence-corrected chi connectivity index (χ0v) is 7.58. The summed E-state index contributed by atoms with van der Waals surface area (Å²) in [6, 6.07) is 0. The number of rotatable bonds is 0. The van der Waals surface area contributed by atoms with Crippen molar-refractivity contribution in [2.75, 3.05) is 0 Å². The van der Waals surface area contributed by atoms with Gasteiger partial charge in [-0.15, -0.1) is 5.06 Å². The highest BCUT2D eigenvalue weighted by Gasteiger charge is 2.29. The van der Waals surface area contributed by atoms with Crippen molar-refractivity contribution in [3.05, 3.63) is 11.8 Å². The average Bonchev–Trinajstić information content (AvgIpc) is 2.52. The standard InChI is InChI=1S/C10H9NO3/c12-9-7-6-8-4-2-1-3-5-10(13)14-11(8)9/h4H,3,5-7H2/b8-4-. The van der Waals surface area contributed by atoms with E-state index in [4.69, 9.17) is 4.84 Å². The number of hydroxylamine groups is 2. The molecule has 0 unspecified atom stereocenters. The van der Waals surface area contributed by atoms with E-state index in [0.717, 1.165) is 5.06 Å². The van der Waals surface area contributed by atoms with Gasteiger partial charge < -0.3 is 4.84 Å². The summed E-state index contributed by atoms with van der Waals surface area (Å²) < 4.78 is 0. The van der Waals surface area contributed by atoms with Gasteiger partial charge in [-0.1, -0.05) is 11.8 Å². The molecule has 1 amide bonds. The first-order valence-corrected chi connectivity index (χ1v) is 4.48.